The predicted octanol–water partition coefficient (Wildman–Crippen LogP) is 7.82. The summed E-state index contributed by atoms with van der Waals surface area (Å²) < 4.78 is 82.9. The molecule has 0 radical (unpaired) electrons. The smallest absolute Gasteiger partial charge is 0.307 e. The van der Waals surface area contributed by atoms with Crippen molar-refractivity contribution in [3.8, 4) is 28.7 Å². The van der Waals surface area contributed by atoms with Gasteiger partial charge in [0.15, 0.2) is 0 Å². The number of para-hydroxylation sites is 2. The third-order valence-electron chi connectivity index (χ3n) is 9.32. The maximum Gasteiger partial charge on any atom is 0.307 e. The SMILES string of the molecule is CCCCS(=O)(=O)Nc1ccc(OCCOc2ccccc2CC(=O)O)cc1.COc1cc(C)c(S(=O)(=O)Nc2ccc(OCCOc3ccccc3CC(=O)O)cc2)c(C)c1C. The van der Waals surface area contributed by atoms with E-state index in [1.54, 1.807) is 124 Å². The molecule has 0 atom stereocenters. The van der Waals surface area contributed by atoms with Crippen molar-refractivity contribution in [2.24, 2.45) is 0 Å². The van der Waals surface area contributed by atoms with Gasteiger partial charge in [0.1, 0.15) is 55.2 Å². The Hall–Kier alpha value is -6.46. The van der Waals surface area contributed by atoms with Crippen molar-refractivity contribution in [2.75, 3.05) is 48.7 Å². The molecule has 5 aromatic rings. The number of anilines is 2. The van der Waals surface area contributed by atoms with Gasteiger partial charge < -0.3 is 33.9 Å². The molecule has 5 rings (SSSR count). The number of rotatable bonds is 23. The van der Waals surface area contributed by atoms with E-state index in [-0.39, 0.29) is 49.9 Å². The number of benzene rings is 5. The fraction of sp³-hybridized carbons (Fsp3) is 0.304. The van der Waals surface area contributed by atoms with E-state index in [0.29, 0.717) is 68.8 Å². The fourth-order valence-corrected chi connectivity index (χ4v) is 9.04. The van der Waals surface area contributed by atoms with Crippen molar-refractivity contribution in [3.05, 3.63) is 131 Å². The van der Waals surface area contributed by atoms with Crippen molar-refractivity contribution in [2.45, 2.75) is 58.3 Å². The second kappa shape index (κ2) is 23.7. The largest absolute Gasteiger partial charge is 0.496 e. The van der Waals surface area contributed by atoms with E-state index < -0.39 is 32.0 Å². The Morgan fingerprint density at radius 2 is 1.03 bits per heavy atom. The number of carbonyl (C=O) groups is 2. The number of hydrogen-bond donors (Lipinski definition) is 4. The summed E-state index contributed by atoms with van der Waals surface area (Å²) >= 11 is 0. The predicted molar refractivity (Wildman–Crippen MR) is 241 cm³/mol. The van der Waals surface area contributed by atoms with Gasteiger partial charge in [-0.1, -0.05) is 49.7 Å². The zero-order valence-corrected chi connectivity index (χ0v) is 37.5. The Balaban J connectivity index is 0.000000284. The van der Waals surface area contributed by atoms with Crippen molar-refractivity contribution >= 4 is 43.4 Å². The molecule has 15 nitrogen and oxygen atoms in total. The van der Waals surface area contributed by atoms with E-state index in [1.807, 2.05) is 13.8 Å². The first-order chi connectivity index (χ1) is 30.0. The average Bonchev–Trinajstić information content (AvgIpc) is 3.23. The zero-order valence-electron chi connectivity index (χ0n) is 35.9. The number of carboxylic acids is 2. The molecular weight excluding hydrogens is 853 g/mol. The Labute approximate surface area is 369 Å². The number of hydrogen-bond acceptors (Lipinski definition) is 11. The Kier molecular flexibility index (Phi) is 18.5. The average molecular weight is 907 g/mol. The van der Waals surface area contributed by atoms with Crippen LogP contribution in [-0.4, -0.2) is 78.3 Å². The lowest BCUT2D eigenvalue weighted by atomic mass is 10.1. The minimum Gasteiger partial charge on any atom is -0.496 e. The van der Waals surface area contributed by atoms with Gasteiger partial charge in [0.2, 0.25) is 10.0 Å². The molecule has 0 saturated heterocycles. The molecule has 5 aromatic carbocycles. The van der Waals surface area contributed by atoms with E-state index in [9.17, 15) is 26.4 Å². The van der Waals surface area contributed by atoms with Gasteiger partial charge in [-0.2, -0.15) is 0 Å². The molecule has 338 valence electrons. The lowest BCUT2D eigenvalue weighted by molar-refractivity contribution is -0.137. The number of nitrogens with one attached hydrogen (secondary N) is 2. The van der Waals surface area contributed by atoms with Crippen LogP contribution in [0.1, 0.15) is 47.6 Å². The molecule has 4 N–H and O–H groups in total. The summed E-state index contributed by atoms with van der Waals surface area (Å²) in [6.07, 6.45) is 1.21. The molecule has 0 unspecified atom stereocenters. The van der Waals surface area contributed by atoms with Crippen molar-refractivity contribution in [1.29, 1.82) is 0 Å². The first kappa shape index (κ1) is 49.2. The van der Waals surface area contributed by atoms with E-state index >= 15 is 0 Å². The monoisotopic (exact) mass is 906 g/mol. The summed E-state index contributed by atoms with van der Waals surface area (Å²) in [6.45, 7) is 8.24. The van der Waals surface area contributed by atoms with Crippen LogP contribution in [-0.2, 0) is 42.5 Å². The molecule has 0 amide bonds. The zero-order chi connectivity index (χ0) is 46.0. The first-order valence-electron chi connectivity index (χ1n) is 20.0. The maximum atomic E-state index is 13.1. The van der Waals surface area contributed by atoms with Crippen LogP contribution in [0.5, 0.6) is 28.7 Å². The lowest BCUT2D eigenvalue weighted by Crippen LogP contribution is -2.16. The molecular formula is C46H54N2O13S2. The van der Waals surface area contributed by atoms with Gasteiger partial charge in [-0.25, -0.2) is 16.8 Å². The summed E-state index contributed by atoms with van der Waals surface area (Å²) in [5.41, 5.74) is 4.10. The van der Waals surface area contributed by atoms with E-state index in [1.165, 1.54) is 0 Å². The van der Waals surface area contributed by atoms with E-state index in [4.69, 9.17) is 33.9 Å². The quantitative estimate of drug-likeness (QED) is 0.0461. The van der Waals surface area contributed by atoms with Crippen LogP contribution >= 0.6 is 0 Å². The second-order valence-electron chi connectivity index (χ2n) is 14.2. The molecule has 17 heteroatoms. The van der Waals surface area contributed by atoms with Crippen LogP contribution < -0.4 is 33.1 Å². The van der Waals surface area contributed by atoms with Gasteiger partial charge >= 0.3 is 11.9 Å². The van der Waals surface area contributed by atoms with Crippen molar-refractivity contribution in [3.63, 3.8) is 0 Å². The maximum absolute atomic E-state index is 13.1. The molecule has 0 aliphatic rings. The van der Waals surface area contributed by atoms with Crippen molar-refractivity contribution < 1.29 is 60.3 Å². The molecule has 0 aliphatic carbocycles. The Morgan fingerprint density at radius 3 is 1.48 bits per heavy atom. The number of ether oxygens (including phenoxy) is 5. The minimum atomic E-state index is -3.81. The van der Waals surface area contributed by atoms with Crippen LogP contribution in [0.2, 0.25) is 0 Å². The standard InChI is InChI=1S/C26H29NO7S.C20H25NO6S/c1-17-15-24(32-4)18(2)19(3)26(17)35(30,31)27-21-9-11-22(12-10-21)33-13-14-34-23-8-6-5-7-20(23)16-25(28)29;1-2-3-14-28(24,25)21-17-8-10-18(11-9-17)26-12-13-27-19-7-5-4-6-16(19)15-20(22)23/h5-12,15,27H,13-14,16H2,1-4H3,(H,28,29);4-11,21H,2-3,12-15H2,1H3,(H,22,23). The van der Waals surface area contributed by atoms with E-state index in [0.717, 1.165) is 12.0 Å². The number of sulfonamides is 2. The van der Waals surface area contributed by atoms with Gasteiger partial charge in [-0.05, 0) is 111 Å². The molecule has 0 bridgehead atoms. The summed E-state index contributed by atoms with van der Waals surface area (Å²) in [5, 5.41) is 17.9. The number of carboxylic acid groups (broad SMARTS) is 2. The summed E-state index contributed by atoms with van der Waals surface area (Å²) in [6, 6.07) is 28.9. The number of aryl methyl sites for hydroxylation is 1. The van der Waals surface area contributed by atoms with Gasteiger partial charge in [0, 0.05) is 22.5 Å². The molecule has 0 spiro atoms. The van der Waals surface area contributed by atoms with Crippen LogP contribution in [0.4, 0.5) is 11.4 Å². The highest BCUT2D eigenvalue weighted by Gasteiger charge is 2.23. The number of methoxy groups -OCH3 is 1. The molecule has 63 heavy (non-hydrogen) atoms. The third-order valence-corrected chi connectivity index (χ3v) is 12.4. The van der Waals surface area contributed by atoms with Crippen LogP contribution in [0.25, 0.3) is 0 Å². The molecule has 0 saturated carbocycles. The van der Waals surface area contributed by atoms with Crippen LogP contribution in [0.3, 0.4) is 0 Å². The summed E-state index contributed by atoms with van der Waals surface area (Å²) in [5.74, 6) is 1.05. The molecule has 0 aromatic heterocycles. The Bertz CT molecular complexity index is 2510. The molecule has 0 fully saturated rings. The number of unbranched alkanes of at least 4 members (excludes halogenated alkanes) is 1. The van der Waals surface area contributed by atoms with Gasteiger partial charge in [0.25, 0.3) is 10.0 Å². The minimum absolute atomic E-state index is 0.0996. The van der Waals surface area contributed by atoms with E-state index in [2.05, 4.69) is 9.44 Å². The highest BCUT2D eigenvalue weighted by atomic mass is 32.2. The fourth-order valence-electron chi connectivity index (χ4n) is 6.19. The highest BCUT2D eigenvalue weighted by Crippen LogP contribution is 2.32. The van der Waals surface area contributed by atoms with Crippen LogP contribution in [0, 0.1) is 20.8 Å². The summed E-state index contributed by atoms with van der Waals surface area (Å²) in [7, 11) is -5.58. The highest BCUT2D eigenvalue weighted by molar-refractivity contribution is 7.93. The van der Waals surface area contributed by atoms with Gasteiger partial charge in [-0.15, -0.1) is 0 Å². The topological polar surface area (TPSA) is 213 Å². The Morgan fingerprint density at radius 1 is 0.587 bits per heavy atom. The first-order valence-corrected chi connectivity index (χ1v) is 23.1. The lowest BCUT2D eigenvalue weighted by Gasteiger charge is -2.17. The van der Waals surface area contributed by atoms with Gasteiger partial charge in [-0.3, -0.25) is 19.0 Å². The third kappa shape index (κ3) is 15.8. The molecule has 0 aliphatic heterocycles. The van der Waals surface area contributed by atoms with Crippen molar-refractivity contribution in [1.82, 2.24) is 0 Å². The normalized spacial score (nSPS) is 11.1. The summed E-state index contributed by atoms with van der Waals surface area (Å²) in [4.78, 5) is 22.1. The van der Waals surface area contributed by atoms with Crippen LogP contribution in [0.15, 0.2) is 108 Å². The molecule has 0 heterocycles. The number of aliphatic carboxylic acids is 2. The second-order valence-corrected chi connectivity index (χ2v) is 17.6. The van der Waals surface area contributed by atoms with Gasteiger partial charge in [0.05, 0.1) is 30.6 Å².